The van der Waals surface area contributed by atoms with Crippen LogP contribution in [0.15, 0.2) is 46.2 Å². The molecule has 0 aliphatic heterocycles. The van der Waals surface area contributed by atoms with Gasteiger partial charge in [-0.15, -0.1) is 0 Å². The van der Waals surface area contributed by atoms with Gasteiger partial charge in [0.2, 0.25) is 0 Å². The van der Waals surface area contributed by atoms with E-state index in [1.165, 1.54) is 12.1 Å². The average molecular weight is 250 g/mol. The largest absolute Gasteiger partial charge is 0.206 e. The van der Waals surface area contributed by atoms with Crippen LogP contribution in [0.2, 0.25) is 0 Å². The predicted octanol–water partition coefficient (Wildman–Crippen LogP) is 4.73. The molecule has 0 N–H and O–H groups in total. The highest BCUT2D eigenvalue weighted by Gasteiger charge is 2.08. The lowest BCUT2D eigenvalue weighted by molar-refractivity contribution is 0.594. The van der Waals surface area contributed by atoms with Crippen molar-refractivity contribution < 1.29 is 8.78 Å². The molecule has 2 aromatic carbocycles. The maximum absolute atomic E-state index is 13.6. The molecule has 0 aromatic heterocycles. The second kappa shape index (κ2) is 4.88. The number of hydrogen-bond donors (Lipinski definition) is 0. The molecule has 0 atom stereocenters. The van der Waals surface area contributed by atoms with Crippen LogP contribution in [0.25, 0.3) is 0 Å². The molecule has 0 saturated carbocycles. The summed E-state index contributed by atoms with van der Waals surface area (Å²) in [6.45, 7) is 3.65. The van der Waals surface area contributed by atoms with E-state index in [-0.39, 0.29) is 11.6 Å². The van der Waals surface area contributed by atoms with Crippen molar-refractivity contribution in [3.05, 3.63) is 59.2 Å². The van der Waals surface area contributed by atoms with E-state index in [2.05, 4.69) is 0 Å². The lowest BCUT2D eigenvalue weighted by atomic mass is 10.2. The molecule has 0 nitrogen and oxygen atoms in total. The summed E-state index contributed by atoms with van der Waals surface area (Å²) in [5.74, 6) is -0.620. The topological polar surface area (TPSA) is 0 Å². The summed E-state index contributed by atoms with van der Waals surface area (Å²) in [4.78, 5) is 0.886. The summed E-state index contributed by atoms with van der Waals surface area (Å²) in [7, 11) is 0. The van der Waals surface area contributed by atoms with Gasteiger partial charge in [0.1, 0.15) is 11.6 Å². The van der Waals surface area contributed by atoms with Crippen LogP contribution in [0.5, 0.6) is 0 Å². The molecule has 0 spiro atoms. The Labute approximate surface area is 104 Å². The first kappa shape index (κ1) is 12.1. The molecule has 0 radical (unpaired) electrons. The van der Waals surface area contributed by atoms with Crippen LogP contribution in [0.3, 0.4) is 0 Å². The van der Waals surface area contributed by atoms with Crippen molar-refractivity contribution in [2.24, 2.45) is 0 Å². The van der Waals surface area contributed by atoms with Gasteiger partial charge in [0.15, 0.2) is 0 Å². The summed E-state index contributed by atoms with van der Waals surface area (Å²) in [6, 6.07) is 9.89. The smallest absolute Gasteiger partial charge is 0.137 e. The maximum Gasteiger partial charge on any atom is 0.137 e. The van der Waals surface area contributed by atoms with Crippen molar-refractivity contribution in [3.8, 4) is 0 Å². The zero-order valence-corrected chi connectivity index (χ0v) is 10.4. The van der Waals surface area contributed by atoms with Crippen molar-refractivity contribution in [2.75, 3.05) is 0 Å². The van der Waals surface area contributed by atoms with Gasteiger partial charge in [0.05, 0.1) is 0 Å². The fraction of sp³-hybridized carbons (Fsp3) is 0.143. The zero-order valence-electron chi connectivity index (χ0n) is 9.63. The molecule has 2 aromatic rings. The van der Waals surface area contributed by atoms with Crippen molar-refractivity contribution in [2.45, 2.75) is 23.6 Å². The number of hydrogen-bond acceptors (Lipinski definition) is 1. The summed E-state index contributed by atoms with van der Waals surface area (Å²) in [5.41, 5.74) is 1.72. The Bertz CT molecular complexity index is 500. The van der Waals surface area contributed by atoms with E-state index in [1.807, 2.05) is 26.0 Å². The standard InChI is InChI=1S/C14H12F2S/c1-9-3-5-13(11(15)7-9)17-14-6-4-10(2)8-12(14)16/h3-8H,1-2H3. The zero-order chi connectivity index (χ0) is 12.4. The molecule has 0 aliphatic rings. The van der Waals surface area contributed by atoms with Crippen LogP contribution >= 0.6 is 11.8 Å². The van der Waals surface area contributed by atoms with E-state index in [4.69, 9.17) is 0 Å². The summed E-state index contributed by atoms with van der Waals surface area (Å²) < 4.78 is 27.2. The normalized spacial score (nSPS) is 10.6. The number of benzene rings is 2. The van der Waals surface area contributed by atoms with E-state index >= 15 is 0 Å². The fourth-order valence-electron chi connectivity index (χ4n) is 1.50. The lowest BCUT2D eigenvalue weighted by Crippen LogP contribution is -1.86. The van der Waals surface area contributed by atoms with E-state index in [0.29, 0.717) is 9.79 Å². The van der Waals surface area contributed by atoms with Crippen LogP contribution in [0.4, 0.5) is 8.78 Å². The minimum absolute atomic E-state index is 0.310. The molecular weight excluding hydrogens is 238 g/mol. The van der Waals surface area contributed by atoms with Gasteiger partial charge < -0.3 is 0 Å². The minimum Gasteiger partial charge on any atom is -0.206 e. The van der Waals surface area contributed by atoms with Crippen molar-refractivity contribution in [3.63, 3.8) is 0 Å². The number of halogens is 2. The molecule has 88 valence electrons. The first-order valence-electron chi connectivity index (χ1n) is 5.26. The molecule has 0 bridgehead atoms. The monoisotopic (exact) mass is 250 g/mol. The molecular formula is C14H12F2S. The Hall–Kier alpha value is -1.35. The van der Waals surface area contributed by atoms with Gasteiger partial charge in [-0.25, -0.2) is 8.78 Å². The lowest BCUT2D eigenvalue weighted by Gasteiger charge is -2.05. The van der Waals surface area contributed by atoms with Crippen molar-refractivity contribution >= 4 is 11.8 Å². The van der Waals surface area contributed by atoms with Gasteiger partial charge in [-0.1, -0.05) is 23.9 Å². The first-order chi connectivity index (χ1) is 8.06. The van der Waals surface area contributed by atoms with Gasteiger partial charge in [-0.2, -0.15) is 0 Å². The Kier molecular flexibility index (Phi) is 3.48. The second-order valence-corrected chi connectivity index (χ2v) is 5.05. The third-order valence-electron chi connectivity index (χ3n) is 2.39. The molecule has 0 unspecified atom stereocenters. The SMILES string of the molecule is Cc1ccc(Sc2ccc(C)cc2F)c(F)c1. The van der Waals surface area contributed by atoms with Gasteiger partial charge >= 0.3 is 0 Å². The third-order valence-corrected chi connectivity index (χ3v) is 3.50. The van der Waals surface area contributed by atoms with Crippen LogP contribution in [-0.2, 0) is 0 Å². The molecule has 0 saturated heterocycles. The summed E-state index contributed by atoms with van der Waals surface area (Å²) in [5, 5.41) is 0. The van der Waals surface area contributed by atoms with Crippen LogP contribution < -0.4 is 0 Å². The van der Waals surface area contributed by atoms with Crippen LogP contribution in [0.1, 0.15) is 11.1 Å². The molecule has 0 heterocycles. The van der Waals surface area contributed by atoms with Gasteiger partial charge in [-0.05, 0) is 49.2 Å². The average Bonchev–Trinajstić information content (AvgIpc) is 2.25. The molecule has 2 rings (SSSR count). The summed E-state index contributed by atoms with van der Waals surface area (Å²) in [6.07, 6.45) is 0. The Balaban J connectivity index is 2.31. The van der Waals surface area contributed by atoms with Crippen molar-refractivity contribution in [1.29, 1.82) is 0 Å². The first-order valence-corrected chi connectivity index (χ1v) is 6.08. The third kappa shape index (κ3) is 2.86. The fourth-order valence-corrected chi connectivity index (χ4v) is 2.32. The van der Waals surface area contributed by atoms with Gasteiger partial charge in [-0.3, -0.25) is 0 Å². The van der Waals surface area contributed by atoms with E-state index < -0.39 is 0 Å². The van der Waals surface area contributed by atoms with E-state index in [9.17, 15) is 8.78 Å². The number of aryl methyl sites for hydroxylation is 2. The molecule has 0 aliphatic carbocycles. The highest BCUT2D eigenvalue weighted by atomic mass is 32.2. The second-order valence-electron chi connectivity index (χ2n) is 3.97. The van der Waals surface area contributed by atoms with Gasteiger partial charge in [0.25, 0.3) is 0 Å². The summed E-state index contributed by atoms with van der Waals surface area (Å²) >= 11 is 1.11. The Morgan fingerprint density at radius 2 is 1.18 bits per heavy atom. The molecule has 0 amide bonds. The minimum atomic E-state index is -0.310. The quantitative estimate of drug-likeness (QED) is 0.742. The number of rotatable bonds is 2. The van der Waals surface area contributed by atoms with Crippen molar-refractivity contribution in [1.82, 2.24) is 0 Å². The maximum atomic E-state index is 13.6. The van der Waals surface area contributed by atoms with Crippen LogP contribution in [0, 0.1) is 25.5 Å². The molecule has 17 heavy (non-hydrogen) atoms. The Morgan fingerprint density at radius 1 is 0.765 bits per heavy atom. The highest BCUT2D eigenvalue weighted by Crippen LogP contribution is 2.32. The van der Waals surface area contributed by atoms with Gasteiger partial charge in [0, 0.05) is 9.79 Å². The van der Waals surface area contributed by atoms with Crippen LogP contribution in [-0.4, -0.2) is 0 Å². The van der Waals surface area contributed by atoms with E-state index in [1.54, 1.807) is 12.1 Å². The highest BCUT2D eigenvalue weighted by molar-refractivity contribution is 7.99. The molecule has 3 heteroatoms. The predicted molar refractivity (Wildman–Crippen MR) is 66.4 cm³/mol. The van der Waals surface area contributed by atoms with E-state index in [0.717, 1.165) is 22.9 Å². The Morgan fingerprint density at radius 3 is 1.53 bits per heavy atom. The molecule has 0 fully saturated rings.